The van der Waals surface area contributed by atoms with Gasteiger partial charge in [-0.1, -0.05) is 85.5 Å². The van der Waals surface area contributed by atoms with Crippen LogP contribution in [0, 0.1) is 23.7 Å². The molecule has 0 aromatic rings. The van der Waals surface area contributed by atoms with Crippen LogP contribution in [-0.2, 0) is 0 Å². The predicted molar refractivity (Wildman–Crippen MR) is 78.2 cm³/mol. The molecule has 0 spiro atoms. The van der Waals surface area contributed by atoms with Gasteiger partial charge in [-0.3, -0.25) is 0 Å². The molecule has 2 saturated carbocycles. The second-order valence-corrected chi connectivity index (χ2v) is 6.90. The summed E-state index contributed by atoms with van der Waals surface area (Å²) in [5, 5.41) is 0. The Morgan fingerprint density at radius 1 is 0.588 bits per heavy atom. The second kappa shape index (κ2) is 8.16. The average molecular weight is 238 g/mol. The molecule has 0 unspecified atom stereocenters. The molecule has 0 heterocycles. The molecule has 0 N–H and O–H groups in total. The molecule has 102 valence electrons. The summed E-state index contributed by atoms with van der Waals surface area (Å²) < 4.78 is 0. The van der Waals surface area contributed by atoms with Crippen molar-refractivity contribution in [2.45, 2.75) is 85.5 Å². The molecule has 0 nitrogen and oxygen atoms in total. The van der Waals surface area contributed by atoms with Gasteiger partial charge in [0.15, 0.2) is 0 Å². The summed E-state index contributed by atoms with van der Waals surface area (Å²) in [6.45, 7) is 9.43. The van der Waals surface area contributed by atoms with Crippen molar-refractivity contribution in [1.82, 2.24) is 0 Å². The van der Waals surface area contributed by atoms with Crippen LogP contribution >= 0.6 is 0 Å². The van der Waals surface area contributed by atoms with E-state index < -0.39 is 0 Å². The minimum absolute atomic E-state index is 1.02. The van der Waals surface area contributed by atoms with Crippen LogP contribution in [0.4, 0.5) is 0 Å². The standard InChI is InChI=1S/C9H18.C8H16/c1-3-9-6-4-8(2)5-7-9;1-7-3-5-8(2)6-4-7/h8-9H,3-7H2,1-2H3;7-8H,3-6H2,1-2H3. The van der Waals surface area contributed by atoms with Gasteiger partial charge in [-0.05, 0) is 23.7 Å². The maximum absolute atomic E-state index is 2.38. The van der Waals surface area contributed by atoms with Gasteiger partial charge in [0.1, 0.15) is 0 Å². The van der Waals surface area contributed by atoms with Gasteiger partial charge in [0, 0.05) is 0 Å². The van der Waals surface area contributed by atoms with Gasteiger partial charge >= 0.3 is 0 Å². The fourth-order valence-electron chi connectivity index (χ4n) is 3.16. The lowest BCUT2D eigenvalue weighted by molar-refractivity contribution is 0.284. The van der Waals surface area contributed by atoms with Crippen LogP contribution in [-0.4, -0.2) is 0 Å². The Bertz CT molecular complexity index is 158. The molecular weight excluding hydrogens is 204 g/mol. The van der Waals surface area contributed by atoms with E-state index in [2.05, 4.69) is 27.7 Å². The zero-order valence-corrected chi connectivity index (χ0v) is 12.7. The first-order valence-electron chi connectivity index (χ1n) is 8.11. The summed E-state index contributed by atoms with van der Waals surface area (Å²) in [4.78, 5) is 0. The smallest absolute Gasteiger partial charge is 0.0417 e. The third-order valence-electron chi connectivity index (χ3n) is 5.02. The molecule has 0 aliphatic heterocycles. The summed E-state index contributed by atoms with van der Waals surface area (Å²) >= 11 is 0. The molecule has 0 atom stereocenters. The van der Waals surface area contributed by atoms with E-state index in [9.17, 15) is 0 Å². The van der Waals surface area contributed by atoms with Gasteiger partial charge < -0.3 is 0 Å². The van der Waals surface area contributed by atoms with Crippen molar-refractivity contribution in [3.63, 3.8) is 0 Å². The summed E-state index contributed by atoms with van der Waals surface area (Å²) in [6.07, 6.45) is 13.3. The third kappa shape index (κ3) is 6.48. The van der Waals surface area contributed by atoms with Crippen LogP contribution in [0.1, 0.15) is 85.5 Å². The largest absolute Gasteiger partial charge is 0.0651 e. The Balaban J connectivity index is 0.000000171. The van der Waals surface area contributed by atoms with E-state index in [1.54, 1.807) is 0 Å². The predicted octanol–water partition coefficient (Wildman–Crippen LogP) is 6.06. The zero-order chi connectivity index (χ0) is 12.7. The first-order valence-corrected chi connectivity index (χ1v) is 8.11. The van der Waals surface area contributed by atoms with E-state index in [1.165, 1.54) is 57.8 Å². The lowest BCUT2D eigenvalue weighted by Gasteiger charge is -2.24. The summed E-state index contributed by atoms with van der Waals surface area (Å²) in [5.74, 6) is 4.13. The van der Waals surface area contributed by atoms with Gasteiger partial charge in [0.05, 0.1) is 0 Å². The molecule has 2 aliphatic rings. The van der Waals surface area contributed by atoms with Gasteiger partial charge in [-0.2, -0.15) is 0 Å². The van der Waals surface area contributed by atoms with Crippen molar-refractivity contribution in [1.29, 1.82) is 0 Å². The van der Waals surface area contributed by atoms with Crippen LogP contribution in [0.25, 0.3) is 0 Å². The van der Waals surface area contributed by atoms with Crippen molar-refractivity contribution in [2.24, 2.45) is 23.7 Å². The van der Waals surface area contributed by atoms with E-state index >= 15 is 0 Å². The maximum Gasteiger partial charge on any atom is -0.0417 e. The number of hydrogen-bond acceptors (Lipinski definition) is 0. The highest BCUT2D eigenvalue weighted by atomic mass is 14.2. The molecule has 2 aliphatic carbocycles. The monoisotopic (exact) mass is 238 g/mol. The Morgan fingerprint density at radius 3 is 1.18 bits per heavy atom. The van der Waals surface area contributed by atoms with Crippen molar-refractivity contribution in [3.05, 3.63) is 0 Å². The lowest BCUT2D eigenvalue weighted by atomic mass is 9.82. The average Bonchev–Trinajstić information content (AvgIpc) is 2.35. The zero-order valence-electron chi connectivity index (χ0n) is 12.7. The van der Waals surface area contributed by atoms with Crippen molar-refractivity contribution < 1.29 is 0 Å². The minimum Gasteiger partial charge on any atom is -0.0651 e. The third-order valence-corrected chi connectivity index (χ3v) is 5.02. The Hall–Kier alpha value is 0. The van der Waals surface area contributed by atoms with Gasteiger partial charge in [0.25, 0.3) is 0 Å². The van der Waals surface area contributed by atoms with Crippen molar-refractivity contribution in [3.8, 4) is 0 Å². The minimum atomic E-state index is 1.02. The molecule has 2 fully saturated rings. The fraction of sp³-hybridized carbons (Fsp3) is 1.00. The van der Waals surface area contributed by atoms with Crippen molar-refractivity contribution in [2.75, 3.05) is 0 Å². The first-order chi connectivity index (χ1) is 8.11. The Kier molecular flexibility index (Phi) is 7.23. The lowest BCUT2D eigenvalue weighted by Crippen LogP contribution is -2.10. The van der Waals surface area contributed by atoms with Crippen LogP contribution in [0.3, 0.4) is 0 Å². The fourth-order valence-corrected chi connectivity index (χ4v) is 3.16. The normalized spacial score (nSPS) is 38.1. The van der Waals surface area contributed by atoms with Gasteiger partial charge in [-0.15, -0.1) is 0 Å². The molecule has 0 amide bonds. The second-order valence-electron chi connectivity index (χ2n) is 6.90. The van der Waals surface area contributed by atoms with E-state index in [-0.39, 0.29) is 0 Å². The SMILES string of the molecule is CC1CCC(C)CC1.CCC1CCC(C)CC1. The molecule has 0 radical (unpaired) electrons. The molecule has 0 bridgehead atoms. The Morgan fingerprint density at radius 2 is 0.882 bits per heavy atom. The summed E-state index contributed by atoms with van der Waals surface area (Å²) in [5.41, 5.74) is 0. The summed E-state index contributed by atoms with van der Waals surface area (Å²) in [6, 6.07) is 0. The summed E-state index contributed by atoms with van der Waals surface area (Å²) in [7, 11) is 0. The maximum atomic E-state index is 2.38. The Labute approximate surface area is 110 Å². The van der Waals surface area contributed by atoms with Crippen molar-refractivity contribution >= 4 is 0 Å². The van der Waals surface area contributed by atoms with Crippen LogP contribution in [0.2, 0.25) is 0 Å². The number of rotatable bonds is 1. The quantitative estimate of drug-likeness (QED) is 0.521. The highest BCUT2D eigenvalue weighted by Gasteiger charge is 2.15. The molecule has 0 saturated heterocycles. The van der Waals surface area contributed by atoms with E-state index in [0.29, 0.717) is 0 Å². The van der Waals surface area contributed by atoms with Crippen LogP contribution in [0.5, 0.6) is 0 Å². The first kappa shape index (κ1) is 15.1. The molecule has 0 aromatic heterocycles. The molecular formula is C17H34. The topological polar surface area (TPSA) is 0 Å². The highest BCUT2D eigenvalue weighted by Crippen LogP contribution is 2.29. The molecule has 17 heavy (non-hydrogen) atoms. The van der Waals surface area contributed by atoms with E-state index in [1.807, 2.05) is 0 Å². The van der Waals surface area contributed by atoms with Crippen LogP contribution in [0.15, 0.2) is 0 Å². The van der Waals surface area contributed by atoms with Gasteiger partial charge in [0.2, 0.25) is 0 Å². The van der Waals surface area contributed by atoms with E-state index in [4.69, 9.17) is 0 Å². The van der Waals surface area contributed by atoms with E-state index in [0.717, 1.165) is 23.7 Å². The highest BCUT2D eigenvalue weighted by molar-refractivity contribution is 4.68. The van der Waals surface area contributed by atoms with Crippen LogP contribution < -0.4 is 0 Å². The molecule has 2 rings (SSSR count). The number of hydrogen-bond donors (Lipinski definition) is 0. The molecule has 0 heteroatoms. The molecule has 0 aromatic carbocycles. The van der Waals surface area contributed by atoms with Gasteiger partial charge in [-0.25, -0.2) is 0 Å².